The number of aromatic nitrogens is 1. The first kappa shape index (κ1) is 15.9. The van der Waals surface area contributed by atoms with Crippen molar-refractivity contribution in [2.24, 2.45) is 0 Å². The van der Waals surface area contributed by atoms with Crippen molar-refractivity contribution in [1.82, 2.24) is 4.98 Å². The summed E-state index contributed by atoms with van der Waals surface area (Å²) in [6, 6.07) is 18.8. The number of methoxy groups -OCH3 is 1. The number of nitrogens with two attached hydrogens (primary N) is 1. The number of hydrogen-bond acceptors (Lipinski definition) is 4. The predicted molar refractivity (Wildman–Crippen MR) is 95.8 cm³/mol. The standard InChI is InChI=1S/C19H14ClN3O/c1-24-15-8-4-13(5-9-15)18-10-16(17(11-21)19(22)23-18)12-2-6-14(20)7-3-12/h2-10H,1H3,(H2,22,23). The van der Waals surface area contributed by atoms with Gasteiger partial charge in [0.2, 0.25) is 0 Å². The lowest BCUT2D eigenvalue weighted by Gasteiger charge is -2.11. The van der Waals surface area contributed by atoms with E-state index < -0.39 is 0 Å². The molecule has 2 aromatic carbocycles. The fourth-order valence-electron chi connectivity index (χ4n) is 2.45. The fourth-order valence-corrected chi connectivity index (χ4v) is 2.58. The second-order valence-electron chi connectivity index (χ2n) is 5.16. The highest BCUT2D eigenvalue weighted by molar-refractivity contribution is 6.30. The third-order valence-corrected chi connectivity index (χ3v) is 3.95. The van der Waals surface area contributed by atoms with Crippen LogP contribution in [0.1, 0.15) is 5.56 Å². The summed E-state index contributed by atoms with van der Waals surface area (Å²) in [6.07, 6.45) is 0. The molecule has 0 fully saturated rings. The second kappa shape index (κ2) is 6.61. The molecule has 0 atom stereocenters. The van der Waals surface area contributed by atoms with Crippen LogP contribution in [0.5, 0.6) is 5.75 Å². The predicted octanol–water partition coefficient (Wildman–Crippen LogP) is 4.53. The van der Waals surface area contributed by atoms with E-state index in [-0.39, 0.29) is 5.82 Å². The molecular weight excluding hydrogens is 322 g/mol. The molecule has 3 rings (SSSR count). The van der Waals surface area contributed by atoms with Crippen LogP contribution >= 0.6 is 11.6 Å². The van der Waals surface area contributed by atoms with Gasteiger partial charge in [-0.15, -0.1) is 0 Å². The summed E-state index contributed by atoms with van der Waals surface area (Å²) in [5.41, 5.74) is 9.54. The first-order valence-electron chi connectivity index (χ1n) is 7.23. The van der Waals surface area contributed by atoms with Gasteiger partial charge in [0.25, 0.3) is 0 Å². The third-order valence-electron chi connectivity index (χ3n) is 3.70. The van der Waals surface area contributed by atoms with Crippen LogP contribution in [-0.2, 0) is 0 Å². The average molecular weight is 336 g/mol. The van der Waals surface area contributed by atoms with Crippen molar-refractivity contribution in [3.63, 3.8) is 0 Å². The van der Waals surface area contributed by atoms with E-state index in [1.165, 1.54) is 0 Å². The van der Waals surface area contributed by atoms with Crippen molar-refractivity contribution in [3.05, 3.63) is 65.2 Å². The normalized spacial score (nSPS) is 10.2. The van der Waals surface area contributed by atoms with Gasteiger partial charge in [-0.3, -0.25) is 0 Å². The zero-order chi connectivity index (χ0) is 17.1. The van der Waals surface area contributed by atoms with Gasteiger partial charge in [0.15, 0.2) is 0 Å². The van der Waals surface area contributed by atoms with Gasteiger partial charge in [0.1, 0.15) is 23.2 Å². The monoisotopic (exact) mass is 335 g/mol. The van der Waals surface area contributed by atoms with E-state index >= 15 is 0 Å². The Labute approximate surface area is 145 Å². The van der Waals surface area contributed by atoms with Gasteiger partial charge in [-0.05, 0) is 48.0 Å². The minimum atomic E-state index is 0.204. The van der Waals surface area contributed by atoms with Crippen LogP contribution in [0.15, 0.2) is 54.6 Å². The van der Waals surface area contributed by atoms with Crippen molar-refractivity contribution in [2.45, 2.75) is 0 Å². The van der Waals surface area contributed by atoms with Crippen LogP contribution < -0.4 is 10.5 Å². The minimum Gasteiger partial charge on any atom is -0.497 e. The smallest absolute Gasteiger partial charge is 0.142 e. The van der Waals surface area contributed by atoms with Gasteiger partial charge >= 0.3 is 0 Å². The Bertz CT molecular complexity index is 913. The molecular formula is C19H14ClN3O. The SMILES string of the molecule is COc1ccc(-c2cc(-c3ccc(Cl)cc3)c(C#N)c(N)n2)cc1. The van der Waals surface area contributed by atoms with Crippen LogP contribution in [0.2, 0.25) is 5.02 Å². The first-order valence-corrected chi connectivity index (χ1v) is 7.61. The number of nitrogen functional groups attached to an aromatic ring is 1. The van der Waals surface area contributed by atoms with Crippen molar-refractivity contribution < 1.29 is 4.74 Å². The minimum absolute atomic E-state index is 0.204. The van der Waals surface area contributed by atoms with Gasteiger partial charge in [0, 0.05) is 16.1 Å². The molecule has 0 saturated heterocycles. The molecule has 0 spiro atoms. The quantitative estimate of drug-likeness (QED) is 0.763. The van der Waals surface area contributed by atoms with Crippen LogP contribution in [-0.4, -0.2) is 12.1 Å². The summed E-state index contributed by atoms with van der Waals surface area (Å²) in [6.45, 7) is 0. The van der Waals surface area contributed by atoms with Crippen LogP contribution in [0.25, 0.3) is 22.4 Å². The maximum Gasteiger partial charge on any atom is 0.142 e. The summed E-state index contributed by atoms with van der Waals surface area (Å²) in [5, 5.41) is 10.1. The topological polar surface area (TPSA) is 71.9 Å². The zero-order valence-electron chi connectivity index (χ0n) is 13.0. The molecule has 3 aromatic rings. The number of nitriles is 1. The Morgan fingerprint density at radius 1 is 1.04 bits per heavy atom. The van der Waals surface area contributed by atoms with E-state index in [1.54, 1.807) is 19.2 Å². The Morgan fingerprint density at radius 2 is 1.67 bits per heavy atom. The fraction of sp³-hybridized carbons (Fsp3) is 0.0526. The molecule has 24 heavy (non-hydrogen) atoms. The Kier molecular flexibility index (Phi) is 4.37. The molecule has 0 aliphatic heterocycles. The van der Waals surface area contributed by atoms with E-state index in [0.29, 0.717) is 16.3 Å². The molecule has 0 amide bonds. The summed E-state index contributed by atoms with van der Waals surface area (Å²) in [7, 11) is 1.62. The highest BCUT2D eigenvalue weighted by atomic mass is 35.5. The summed E-state index contributed by atoms with van der Waals surface area (Å²) in [5.74, 6) is 0.967. The van der Waals surface area contributed by atoms with Crippen LogP contribution in [0.3, 0.4) is 0 Å². The molecule has 118 valence electrons. The molecule has 0 aliphatic rings. The van der Waals surface area contributed by atoms with Crippen LogP contribution in [0, 0.1) is 11.3 Å². The van der Waals surface area contributed by atoms with Crippen molar-refractivity contribution in [2.75, 3.05) is 12.8 Å². The van der Waals surface area contributed by atoms with Crippen molar-refractivity contribution >= 4 is 17.4 Å². The number of hydrogen-bond donors (Lipinski definition) is 1. The molecule has 0 radical (unpaired) electrons. The van der Waals surface area contributed by atoms with E-state index in [2.05, 4.69) is 11.1 Å². The molecule has 0 saturated carbocycles. The lowest BCUT2D eigenvalue weighted by molar-refractivity contribution is 0.415. The molecule has 4 nitrogen and oxygen atoms in total. The summed E-state index contributed by atoms with van der Waals surface area (Å²) < 4.78 is 5.17. The first-order chi connectivity index (χ1) is 11.6. The number of halogens is 1. The molecule has 2 N–H and O–H groups in total. The van der Waals surface area contributed by atoms with E-state index in [1.807, 2.05) is 42.5 Å². The van der Waals surface area contributed by atoms with Crippen molar-refractivity contribution in [3.8, 4) is 34.2 Å². The van der Waals surface area contributed by atoms with E-state index in [9.17, 15) is 5.26 Å². The van der Waals surface area contributed by atoms with Gasteiger partial charge in [-0.25, -0.2) is 4.98 Å². The zero-order valence-corrected chi connectivity index (χ0v) is 13.7. The molecule has 0 aliphatic carbocycles. The van der Waals surface area contributed by atoms with Gasteiger partial charge < -0.3 is 10.5 Å². The highest BCUT2D eigenvalue weighted by Gasteiger charge is 2.13. The van der Waals surface area contributed by atoms with Crippen molar-refractivity contribution in [1.29, 1.82) is 5.26 Å². The van der Waals surface area contributed by atoms with Gasteiger partial charge in [0.05, 0.1) is 12.8 Å². The number of ether oxygens (including phenoxy) is 1. The molecule has 1 heterocycles. The number of nitrogens with zero attached hydrogens (tertiary/aromatic N) is 2. The lowest BCUT2D eigenvalue weighted by Crippen LogP contribution is -1.99. The maximum atomic E-state index is 9.43. The third kappa shape index (κ3) is 3.03. The number of rotatable bonds is 3. The molecule has 0 unspecified atom stereocenters. The highest BCUT2D eigenvalue weighted by Crippen LogP contribution is 2.32. The lowest BCUT2D eigenvalue weighted by atomic mass is 9.98. The van der Waals surface area contributed by atoms with Crippen LogP contribution in [0.4, 0.5) is 5.82 Å². The molecule has 5 heteroatoms. The largest absolute Gasteiger partial charge is 0.497 e. The summed E-state index contributed by atoms with van der Waals surface area (Å²) >= 11 is 5.95. The Hall–Kier alpha value is -3.03. The Balaban J connectivity index is 2.15. The molecule has 0 bridgehead atoms. The van der Waals surface area contributed by atoms with Gasteiger partial charge in [-0.2, -0.15) is 5.26 Å². The maximum absolute atomic E-state index is 9.43. The van der Waals surface area contributed by atoms with E-state index in [4.69, 9.17) is 22.1 Å². The van der Waals surface area contributed by atoms with E-state index in [0.717, 1.165) is 22.4 Å². The average Bonchev–Trinajstić information content (AvgIpc) is 2.62. The number of benzene rings is 2. The van der Waals surface area contributed by atoms with Gasteiger partial charge in [-0.1, -0.05) is 23.7 Å². The summed E-state index contributed by atoms with van der Waals surface area (Å²) in [4.78, 5) is 4.36. The Morgan fingerprint density at radius 3 is 2.25 bits per heavy atom. The molecule has 1 aromatic heterocycles. The number of pyridine rings is 1. The number of anilines is 1. The second-order valence-corrected chi connectivity index (χ2v) is 5.60.